The van der Waals surface area contributed by atoms with Crippen LogP contribution in [0.15, 0.2) is 12.2 Å². The third-order valence-electron chi connectivity index (χ3n) is 3.46. The standard InChI is InChI=1S/C18H34O2.ClH/c1-3-4-5-6-7-8-9-10-11-12-13-14-15-16-17-20-18(2)19;/h6-7H,3-5,8-17H2,1-2H3;1H/b7-6-;. The molecule has 0 bridgehead atoms. The molecule has 3 heteroatoms. The van der Waals surface area contributed by atoms with Crippen LogP contribution in [0.3, 0.4) is 0 Å². The SMILES string of the molecule is CCCC/C=C\CCCCCCCCCCOC(C)=O.Cl. The fourth-order valence-corrected chi connectivity index (χ4v) is 2.20. The lowest BCUT2D eigenvalue weighted by Crippen LogP contribution is -2.00. The zero-order chi connectivity index (χ0) is 14.9. The molecule has 0 heterocycles. The number of carbonyl (C=O) groups excluding carboxylic acids is 1. The quantitative estimate of drug-likeness (QED) is 0.215. The number of allylic oxidation sites excluding steroid dienone is 2. The summed E-state index contributed by atoms with van der Waals surface area (Å²) in [6, 6.07) is 0. The molecule has 0 aromatic carbocycles. The first-order valence-electron chi connectivity index (χ1n) is 8.55. The van der Waals surface area contributed by atoms with Gasteiger partial charge in [-0.2, -0.15) is 0 Å². The molecule has 0 aromatic rings. The van der Waals surface area contributed by atoms with Crippen LogP contribution in [-0.4, -0.2) is 12.6 Å². The molecule has 0 aliphatic carbocycles. The molecule has 126 valence electrons. The minimum atomic E-state index is -0.159. The maximum absolute atomic E-state index is 10.6. The van der Waals surface area contributed by atoms with Crippen molar-refractivity contribution in [3.05, 3.63) is 12.2 Å². The Morgan fingerprint density at radius 2 is 1.29 bits per heavy atom. The van der Waals surface area contributed by atoms with Gasteiger partial charge in [0, 0.05) is 6.92 Å². The van der Waals surface area contributed by atoms with Crippen LogP contribution in [0.5, 0.6) is 0 Å². The molecule has 0 amide bonds. The van der Waals surface area contributed by atoms with Gasteiger partial charge in [0.2, 0.25) is 0 Å². The second-order valence-corrected chi connectivity index (χ2v) is 5.57. The summed E-state index contributed by atoms with van der Waals surface area (Å²) in [7, 11) is 0. The molecule has 21 heavy (non-hydrogen) atoms. The normalized spacial score (nSPS) is 10.6. The predicted molar refractivity (Wildman–Crippen MR) is 94.1 cm³/mol. The Morgan fingerprint density at radius 3 is 1.81 bits per heavy atom. The lowest BCUT2D eigenvalue weighted by atomic mass is 10.1. The van der Waals surface area contributed by atoms with Gasteiger partial charge in [-0.3, -0.25) is 4.79 Å². The second kappa shape index (κ2) is 19.5. The first kappa shape index (κ1) is 22.8. The number of hydrogen-bond acceptors (Lipinski definition) is 2. The first-order chi connectivity index (χ1) is 9.77. The molecule has 0 unspecified atom stereocenters. The third kappa shape index (κ3) is 21.9. The Hall–Kier alpha value is -0.500. The third-order valence-corrected chi connectivity index (χ3v) is 3.46. The van der Waals surface area contributed by atoms with E-state index in [2.05, 4.69) is 19.1 Å². The maximum Gasteiger partial charge on any atom is 0.302 e. The van der Waals surface area contributed by atoms with Gasteiger partial charge >= 0.3 is 5.97 Å². The van der Waals surface area contributed by atoms with Gasteiger partial charge in [-0.1, -0.05) is 70.4 Å². The van der Waals surface area contributed by atoms with Gasteiger partial charge in [-0.05, 0) is 25.7 Å². The lowest BCUT2D eigenvalue weighted by Gasteiger charge is -2.02. The highest BCUT2D eigenvalue weighted by molar-refractivity contribution is 5.85. The fourth-order valence-electron chi connectivity index (χ4n) is 2.20. The number of ether oxygens (including phenoxy) is 1. The van der Waals surface area contributed by atoms with Crippen LogP contribution in [0.25, 0.3) is 0 Å². The minimum absolute atomic E-state index is 0. The average Bonchev–Trinajstić information content (AvgIpc) is 2.43. The first-order valence-corrected chi connectivity index (χ1v) is 8.55. The van der Waals surface area contributed by atoms with E-state index < -0.39 is 0 Å². The molecule has 0 aliphatic rings. The number of rotatable bonds is 14. The largest absolute Gasteiger partial charge is 0.466 e. The van der Waals surface area contributed by atoms with Gasteiger partial charge in [0.05, 0.1) is 6.61 Å². The molecule has 2 nitrogen and oxygen atoms in total. The Bertz CT molecular complexity index is 239. The molecule has 0 saturated heterocycles. The summed E-state index contributed by atoms with van der Waals surface area (Å²) in [5.74, 6) is -0.159. The van der Waals surface area contributed by atoms with Crippen molar-refractivity contribution in [3.63, 3.8) is 0 Å². The van der Waals surface area contributed by atoms with Crippen molar-refractivity contribution in [2.45, 2.75) is 90.9 Å². The number of carbonyl (C=O) groups is 1. The van der Waals surface area contributed by atoms with E-state index >= 15 is 0 Å². The highest BCUT2D eigenvalue weighted by Gasteiger charge is 1.94. The Kier molecular flexibility index (Phi) is 21.1. The zero-order valence-corrected chi connectivity index (χ0v) is 14.9. The van der Waals surface area contributed by atoms with Crippen LogP contribution >= 0.6 is 12.4 Å². The van der Waals surface area contributed by atoms with E-state index in [1.54, 1.807) is 0 Å². The van der Waals surface area contributed by atoms with Crippen LogP contribution in [0.4, 0.5) is 0 Å². The van der Waals surface area contributed by atoms with E-state index in [0.717, 1.165) is 6.42 Å². The van der Waals surface area contributed by atoms with E-state index in [0.29, 0.717) is 6.61 Å². The van der Waals surface area contributed by atoms with Crippen molar-refractivity contribution in [1.82, 2.24) is 0 Å². The Morgan fingerprint density at radius 1 is 0.810 bits per heavy atom. The maximum atomic E-state index is 10.6. The van der Waals surface area contributed by atoms with Crippen molar-refractivity contribution in [1.29, 1.82) is 0 Å². The van der Waals surface area contributed by atoms with Gasteiger partial charge in [0.15, 0.2) is 0 Å². The van der Waals surface area contributed by atoms with Gasteiger partial charge in [0.25, 0.3) is 0 Å². The summed E-state index contributed by atoms with van der Waals surface area (Å²) in [5.41, 5.74) is 0. The Labute approximate surface area is 138 Å². The molecule has 0 aromatic heterocycles. The highest BCUT2D eigenvalue weighted by atomic mass is 35.5. The number of hydrogen-bond donors (Lipinski definition) is 0. The molecule has 0 fully saturated rings. The van der Waals surface area contributed by atoms with Gasteiger partial charge in [-0.25, -0.2) is 0 Å². The van der Waals surface area contributed by atoms with Gasteiger partial charge in [-0.15, -0.1) is 12.4 Å². The molecule has 0 spiro atoms. The van der Waals surface area contributed by atoms with Crippen LogP contribution in [-0.2, 0) is 9.53 Å². The second-order valence-electron chi connectivity index (χ2n) is 5.57. The van der Waals surface area contributed by atoms with Crippen LogP contribution < -0.4 is 0 Å². The number of esters is 1. The molecule has 0 radical (unpaired) electrons. The van der Waals surface area contributed by atoms with E-state index in [9.17, 15) is 4.79 Å². The van der Waals surface area contributed by atoms with Crippen molar-refractivity contribution < 1.29 is 9.53 Å². The minimum Gasteiger partial charge on any atom is -0.466 e. The predicted octanol–water partition coefficient (Wildman–Crippen LogP) is 6.23. The van der Waals surface area contributed by atoms with Gasteiger partial charge in [0.1, 0.15) is 0 Å². The van der Waals surface area contributed by atoms with E-state index in [-0.39, 0.29) is 18.4 Å². The van der Waals surface area contributed by atoms with Crippen LogP contribution in [0.1, 0.15) is 90.9 Å². The van der Waals surface area contributed by atoms with Crippen LogP contribution in [0.2, 0.25) is 0 Å². The van der Waals surface area contributed by atoms with Crippen LogP contribution in [0, 0.1) is 0 Å². The number of halogens is 1. The molecule has 0 rings (SSSR count). The molecular formula is C18H35ClO2. The smallest absolute Gasteiger partial charge is 0.302 e. The van der Waals surface area contributed by atoms with Crippen molar-refractivity contribution in [2.24, 2.45) is 0 Å². The fraction of sp³-hybridized carbons (Fsp3) is 0.833. The summed E-state index contributed by atoms with van der Waals surface area (Å²) in [6.07, 6.45) is 20.1. The molecule has 0 atom stereocenters. The van der Waals surface area contributed by atoms with Crippen molar-refractivity contribution >= 4 is 18.4 Å². The monoisotopic (exact) mass is 318 g/mol. The van der Waals surface area contributed by atoms with E-state index in [4.69, 9.17) is 4.74 Å². The highest BCUT2D eigenvalue weighted by Crippen LogP contribution is 2.10. The average molecular weight is 319 g/mol. The van der Waals surface area contributed by atoms with E-state index in [1.165, 1.54) is 77.6 Å². The molecule has 0 saturated carbocycles. The van der Waals surface area contributed by atoms with Crippen molar-refractivity contribution in [3.8, 4) is 0 Å². The lowest BCUT2D eigenvalue weighted by molar-refractivity contribution is -0.141. The molecule has 0 N–H and O–H groups in total. The summed E-state index contributed by atoms with van der Waals surface area (Å²) >= 11 is 0. The summed E-state index contributed by atoms with van der Waals surface area (Å²) in [6.45, 7) is 4.31. The topological polar surface area (TPSA) is 26.3 Å². The summed E-state index contributed by atoms with van der Waals surface area (Å²) in [4.78, 5) is 10.6. The summed E-state index contributed by atoms with van der Waals surface area (Å²) < 4.78 is 4.90. The molecular weight excluding hydrogens is 284 g/mol. The summed E-state index contributed by atoms with van der Waals surface area (Å²) in [5, 5.41) is 0. The van der Waals surface area contributed by atoms with E-state index in [1.807, 2.05) is 0 Å². The number of unbranched alkanes of at least 4 members (excludes halogenated alkanes) is 10. The Balaban J connectivity index is 0. The van der Waals surface area contributed by atoms with Crippen molar-refractivity contribution in [2.75, 3.05) is 6.61 Å². The zero-order valence-electron chi connectivity index (χ0n) is 14.1. The molecule has 0 aliphatic heterocycles. The van der Waals surface area contributed by atoms with Gasteiger partial charge < -0.3 is 4.74 Å².